The fraction of sp³-hybridized carbons (Fsp3) is 0.588. The molecule has 1 atom stereocenters. The highest BCUT2D eigenvalue weighted by molar-refractivity contribution is 8.14. The molecule has 0 bridgehead atoms. The molecule has 0 saturated carbocycles. The minimum atomic E-state index is -0.692. The lowest BCUT2D eigenvalue weighted by Crippen LogP contribution is -2.57. The third-order valence-electron chi connectivity index (χ3n) is 4.52. The summed E-state index contributed by atoms with van der Waals surface area (Å²) in [6.07, 6.45) is 1.35. The molecule has 2 fully saturated rings. The zero-order valence-electron chi connectivity index (χ0n) is 14.1. The fourth-order valence-electron chi connectivity index (χ4n) is 3.40. The number of amidine groups is 1. The minimum absolute atomic E-state index is 0.142. The largest absolute Gasteiger partial charge is 0.381 e. The number of thioether (sulfide) groups is 1. The topological polar surface area (TPSA) is 68.0 Å². The average Bonchev–Trinajstić information content (AvgIpc) is 2.83. The normalized spacial score (nSPS) is 24.9. The van der Waals surface area contributed by atoms with Crippen LogP contribution in [0.2, 0.25) is 0 Å². The van der Waals surface area contributed by atoms with Crippen LogP contribution in [0.1, 0.15) is 26.7 Å². The van der Waals surface area contributed by atoms with E-state index in [0.29, 0.717) is 32.0 Å². The van der Waals surface area contributed by atoms with Crippen LogP contribution in [0.4, 0.5) is 5.69 Å². The van der Waals surface area contributed by atoms with E-state index >= 15 is 0 Å². The second-order valence-electron chi connectivity index (χ2n) is 6.71. The van der Waals surface area contributed by atoms with Crippen LogP contribution in [0, 0.1) is 16.0 Å². The Morgan fingerprint density at radius 1 is 1.38 bits per heavy atom. The number of nitrogens with zero attached hydrogens (tertiary/aromatic N) is 3. The Morgan fingerprint density at radius 2 is 2.04 bits per heavy atom. The highest BCUT2D eigenvalue weighted by Gasteiger charge is 2.59. The second-order valence-corrected chi connectivity index (χ2v) is 7.75. The van der Waals surface area contributed by atoms with Crippen molar-refractivity contribution in [2.24, 2.45) is 10.9 Å². The van der Waals surface area contributed by atoms with Crippen LogP contribution in [0.25, 0.3) is 0 Å². The number of aliphatic imine (C=N–C) groups is 1. The Kier molecular flexibility index (Phi) is 5.10. The standard InChI is InChI=1S/C17H23N3O3S/c1-13(2)12-19-16(18-14-6-4-3-5-7-14)24-15(20(21)22)17(19)8-10-23-11-9-17/h3-7,13,15H,8-12H2,1-2H3. The molecule has 2 aliphatic heterocycles. The van der Waals surface area contributed by atoms with Crippen LogP contribution in [0.5, 0.6) is 0 Å². The molecule has 1 unspecified atom stereocenters. The van der Waals surface area contributed by atoms with Crippen molar-refractivity contribution in [2.75, 3.05) is 19.8 Å². The van der Waals surface area contributed by atoms with Gasteiger partial charge in [-0.25, -0.2) is 4.99 Å². The van der Waals surface area contributed by atoms with E-state index < -0.39 is 10.9 Å². The molecule has 1 aromatic carbocycles. The van der Waals surface area contributed by atoms with Crippen molar-refractivity contribution in [3.63, 3.8) is 0 Å². The number of benzene rings is 1. The molecule has 7 heteroatoms. The first kappa shape index (κ1) is 17.2. The zero-order chi connectivity index (χ0) is 17.2. The zero-order valence-corrected chi connectivity index (χ0v) is 14.9. The first-order chi connectivity index (χ1) is 11.5. The summed E-state index contributed by atoms with van der Waals surface area (Å²) in [5, 5.41) is 11.8. The predicted molar refractivity (Wildman–Crippen MR) is 96.2 cm³/mol. The van der Waals surface area contributed by atoms with Crippen LogP contribution >= 0.6 is 11.8 Å². The van der Waals surface area contributed by atoms with Gasteiger partial charge < -0.3 is 9.64 Å². The number of para-hydroxylation sites is 1. The molecule has 6 nitrogen and oxygen atoms in total. The number of hydrogen-bond donors (Lipinski definition) is 0. The molecule has 0 aromatic heterocycles. The minimum Gasteiger partial charge on any atom is -0.381 e. The van der Waals surface area contributed by atoms with E-state index in [-0.39, 0.29) is 4.92 Å². The van der Waals surface area contributed by atoms with Crippen molar-refractivity contribution in [3.05, 3.63) is 40.4 Å². The molecule has 24 heavy (non-hydrogen) atoms. The van der Waals surface area contributed by atoms with Crippen LogP contribution in [0.15, 0.2) is 35.3 Å². The summed E-state index contributed by atoms with van der Waals surface area (Å²) in [6.45, 7) is 6.17. The molecule has 2 aliphatic rings. The Labute approximate surface area is 146 Å². The van der Waals surface area contributed by atoms with Gasteiger partial charge in [0.05, 0.1) is 5.69 Å². The summed E-state index contributed by atoms with van der Waals surface area (Å²) < 4.78 is 5.49. The van der Waals surface area contributed by atoms with Crippen molar-refractivity contribution in [3.8, 4) is 0 Å². The Morgan fingerprint density at radius 3 is 2.62 bits per heavy atom. The van der Waals surface area contributed by atoms with E-state index in [9.17, 15) is 10.1 Å². The lowest BCUT2D eigenvalue weighted by molar-refractivity contribution is -0.510. The van der Waals surface area contributed by atoms with Crippen molar-refractivity contribution in [2.45, 2.75) is 37.6 Å². The van der Waals surface area contributed by atoms with Crippen LogP contribution in [-0.4, -0.2) is 45.7 Å². The summed E-state index contributed by atoms with van der Waals surface area (Å²) in [5.74, 6) is 0.400. The van der Waals surface area contributed by atoms with E-state index in [2.05, 4.69) is 18.7 Å². The summed E-state index contributed by atoms with van der Waals surface area (Å²) in [5.41, 5.74) is 0.338. The van der Waals surface area contributed by atoms with Gasteiger partial charge in [0, 0.05) is 37.5 Å². The second kappa shape index (κ2) is 7.11. The molecular weight excluding hydrogens is 326 g/mol. The molecule has 0 radical (unpaired) electrons. The van der Waals surface area contributed by atoms with Gasteiger partial charge in [0.2, 0.25) is 0 Å². The molecule has 1 spiro atoms. The molecule has 0 amide bonds. The van der Waals surface area contributed by atoms with E-state index in [1.54, 1.807) is 0 Å². The van der Waals surface area contributed by atoms with Gasteiger partial charge in [0.15, 0.2) is 5.17 Å². The monoisotopic (exact) mass is 349 g/mol. The number of ether oxygens (including phenoxy) is 1. The maximum Gasteiger partial charge on any atom is 0.288 e. The van der Waals surface area contributed by atoms with E-state index in [4.69, 9.17) is 9.73 Å². The SMILES string of the molecule is CC(C)CN1C(=Nc2ccccc2)SC([N+](=O)[O-])C12CCOCC2. The Bertz CT molecular complexity index is 615. The van der Waals surface area contributed by atoms with Crippen molar-refractivity contribution in [1.82, 2.24) is 4.90 Å². The van der Waals surface area contributed by atoms with Gasteiger partial charge >= 0.3 is 0 Å². The predicted octanol–water partition coefficient (Wildman–Crippen LogP) is 3.53. The van der Waals surface area contributed by atoms with Gasteiger partial charge in [-0.15, -0.1) is 0 Å². The van der Waals surface area contributed by atoms with Gasteiger partial charge in [-0.1, -0.05) is 32.0 Å². The lowest BCUT2D eigenvalue weighted by atomic mass is 9.87. The average molecular weight is 349 g/mol. The fourth-order valence-corrected chi connectivity index (χ4v) is 4.81. The third kappa shape index (κ3) is 3.28. The Balaban J connectivity index is 2.02. The van der Waals surface area contributed by atoms with Gasteiger partial charge in [0.1, 0.15) is 5.54 Å². The quantitative estimate of drug-likeness (QED) is 0.614. The van der Waals surface area contributed by atoms with Crippen LogP contribution < -0.4 is 0 Å². The first-order valence-corrected chi connectivity index (χ1v) is 9.20. The first-order valence-electron chi connectivity index (χ1n) is 8.32. The third-order valence-corrected chi connectivity index (χ3v) is 5.88. The molecule has 1 aromatic rings. The van der Waals surface area contributed by atoms with E-state index in [0.717, 1.165) is 17.4 Å². The molecular formula is C17H23N3O3S. The summed E-state index contributed by atoms with van der Waals surface area (Å²) in [7, 11) is 0. The maximum absolute atomic E-state index is 11.8. The highest BCUT2D eigenvalue weighted by Crippen LogP contribution is 2.47. The lowest BCUT2D eigenvalue weighted by Gasteiger charge is -2.42. The van der Waals surface area contributed by atoms with Gasteiger partial charge in [-0.05, 0) is 29.8 Å². The molecule has 130 valence electrons. The van der Waals surface area contributed by atoms with Crippen molar-refractivity contribution in [1.29, 1.82) is 0 Å². The van der Waals surface area contributed by atoms with E-state index in [1.807, 2.05) is 30.3 Å². The maximum atomic E-state index is 11.8. The Hall–Kier alpha value is -1.60. The van der Waals surface area contributed by atoms with Crippen molar-refractivity contribution < 1.29 is 9.66 Å². The number of rotatable bonds is 4. The molecule has 3 rings (SSSR count). The van der Waals surface area contributed by atoms with Crippen molar-refractivity contribution >= 4 is 22.6 Å². The summed E-state index contributed by atoms with van der Waals surface area (Å²) in [6, 6.07) is 9.66. The highest BCUT2D eigenvalue weighted by atomic mass is 32.2. The van der Waals surface area contributed by atoms with Crippen LogP contribution in [0.3, 0.4) is 0 Å². The summed E-state index contributed by atoms with van der Waals surface area (Å²) in [4.78, 5) is 18.5. The smallest absolute Gasteiger partial charge is 0.288 e. The molecule has 0 aliphatic carbocycles. The van der Waals surface area contributed by atoms with Gasteiger partial charge in [-0.3, -0.25) is 10.1 Å². The number of hydrogen-bond acceptors (Lipinski definition) is 5. The van der Waals surface area contributed by atoms with Gasteiger partial charge in [-0.2, -0.15) is 0 Å². The summed E-state index contributed by atoms with van der Waals surface area (Å²) >= 11 is 1.29. The van der Waals surface area contributed by atoms with Gasteiger partial charge in [0.25, 0.3) is 5.37 Å². The molecule has 2 heterocycles. The molecule has 2 saturated heterocycles. The number of nitro groups is 1. The van der Waals surface area contributed by atoms with Crippen LogP contribution in [-0.2, 0) is 4.74 Å². The molecule has 0 N–H and O–H groups in total. The van der Waals surface area contributed by atoms with E-state index in [1.165, 1.54) is 11.8 Å².